The van der Waals surface area contributed by atoms with Crippen molar-refractivity contribution in [2.75, 3.05) is 0 Å². The van der Waals surface area contributed by atoms with Gasteiger partial charge in [0.25, 0.3) is 0 Å². The summed E-state index contributed by atoms with van der Waals surface area (Å²) in [4.78, 5) is 14.9. The first kappa shape index (κ1) is 22.4. The molecule has 1 nitrogen and oxygen atoms in total. The average Bonchev–Trinajstić information content (AvgIpc) is 2.67. The number of hydrogen-bond acceptors (Lipinski definition) is 2. The van der Waals surface area contributed by atoms with Crippen LogP contribution in [0.15, 0.2) is 85.5 Å². The molecule has 3 rings (SSSR count). The van der Waals surface area contributed by atoms with Crippen molar-refractivity contribution in [1.82, 2.24) is 0 Å². The van der Waals surface area contributed by atoms with Gasteiger partial charge in [-0.1, -0.05) is 72.9 Å². The van der Waals surface area contributed by atoms with Gasteiger partial charge in [-0.05, 0) is 83.3 Å². The molecule has 0 radical (unpaired) electrons. The Labute approximate surface area is 208 Å². The fourth-order valence-electron chi connectivity index (χ4n) is 2.33. The van der Waals surface area contributed by atoms with E-state index >= 15 is 0 Å². The van der Waals surface area contributed by atoms with Gasteiger partial charge in [-0.15, -0.1) is 0 Å². The normalized spacial score (nSPS) is 11.9. The molecule has 0 unspecified atom stereocenters. The van der Waals surface area contributed by atoms with Crippen LogP contribution in [0.25, 0.3) is 3.58 Å². The van der Waals surface area contributed by atoms with E-state index in [0.717, 1.165) is 23.0 Å². The van der Waals surface area contributed by atoms with Gasteiger partial charge in [0, 0.05) is 33.6 Å². The maximum Gasteiger partial charge on any atom is 0.200 e. The Balaban J connectivity index is 2.10. The molecule has 0 aliphatic heterocycles. The molecule has 0 aliphatic carbocycles. The number of hydrogen-bond donors (Lipinski definition) is 0. The van der Waals surface area contributed by atoms with Gasteiger partial charge in [-0.2, -0.15) is 0 Å². The molecule has 3 aromatic rings. The number of carbonyl (C=O) groups excluding carboxylic acids is 1. The molecule has 142 valence electrons. The molecule has 0 aromatic heterocycles. The SMILES string of the molecule is O=C(C(Sc1ccc(Br)cc1)=C(I)c1ccc(Cl)cc1Cl)c1ccc(Br)cc1. The molecular formula is C21H11Br2Cl2IOS. The minimum Gasteiger partial charge on any atom is -0.288 e. The molecule has 0 fully saturated rings. The van der Waals surface area contributed by atoms with E-state index in [2.05, 4.69) is 54.5 Å². The van der Waals surface area contributed by atoms with Crippen LogP contribution < -0.4 is 0 Å². The van der Waals surface area contributed by atoms with E-state index in [1.54, 1.807) is 12.1 Å². The topological polar surface area (TPSA) is 17.1 Å². The number of benzene rings is 3. The van der Waals surface area contributed by atoms with Crippen LogP contribution in [0.4, 0.5) is 0 Å². The molecule has 0 atom stereocenters. The molecule has 0 aliphatic rings. The largest absolute Gasteiger partial charge is 0.288 e. The molecule has 7 heteroatoms. The van der Waals surface area contributed by atoms with Crippen LogP contribution in [0.2, 0.25) is 10.0 Å². The highest BCUT2D eigenvalue weighted by Gasteiger charge is 2.20. The molecule has 0 heterocycles. The van der Waals surface area contributed by atoms with Crippen molar-refractivity contribution in [1.29, 1.82) is 0 Å². The van der Waals surface area contributed by atoms with Crippen LogP contribution in [-0.2, 0) is 0 Å². The van der Waals surface area contributed by atoms with Crippen molar-refractivity contribution in [3.8, 4) is 0 Å². The van der Waals surface area contributed by atoms with E-state index < -0.39 is 0 Å². The highest BCUT2D eigenvalue weighted by molar-refractivity contribution is 14.1. The number of Topliss-reactive ketones (excluding diaryl/α,β-unsaturated/α-hetero) is 1. The fourth-order valence-corrected chi connectivity index (χ4v) is 5.49. The van der Waals surface area contributed by atoms with E-state index in [1.807, 2.05) is 54.6 Å². The van der Waals surface area contributed by atoms with E-state index in [0.29, 0.717) is 20.5 Å². The third-order valence-corrected chi connectivity index (χ3v) is 7.91. The van der Waals surface area contributed by atoms with E-state index in [1.165, 1.54) is 11.8 Å². The lowest BCUT2D eigenvalue weighted by Crippen LogP contribution is -2.02. The Morgan fingerprint density at radius 2 is 1.43 bits per heavy atom. The summed E-state index contributed by atoms with van der Waals surface area (Å²) in [6.07, 6.45) is 0. The summed E-state index contributed by atoms with van der Waals surface area (Å²) >= 11 is 22.9. The summed E-state index contributed by atoms with van der Waals surface area (Å²) in [7, 11) is 0. The molecule has 3 aromatic carbocycles. The van der Waals surface area contributed by atoms with Crippen LogP contribution in [0, 0.1) is 0 Å². The van der Waals surface area contributed by atoms with Crippen LogP contribution in [-0.4, -0.2) is 5.78 Å². The Kier molecular flexibility index (Phi) is 8.10. The van der Waals surface area contributed by atoms with Crippen molar-refractivity contribution in [2.24, 2.45) is 0 Å². The second-order valence-corrected chi connectivity index (χ2v) is 10.5. The molecule has 0 amide bonds. The first-order valence-corrected chi connectivity index (χ1v) is 12.2. The average molecular weight is 669 g/mol. The van der Waals surface area contributed by atoms with Crippen molar-refractivity contribution < 1.29 is 4.79 Å². The number of rotatable bonds is 5. The van der Waals surface area contributed by atoms with Crippen LogP contribution in [0.5, 0.6) is 0 Å². The summed E-state index contributed by atoms with van der Waals surface area (Å²) in [5.74, 6) is -0.0594. The number of carbonyl (C=O) groups is 1. The van der Waals surface area contributed by atoms with E-state index in [9.17, 15) is 4.79 Å². The first-order chi connectivity index (χ1) is 13.3. The Hall–Kier alpha value is -0.310. The summed E-state index contributed by atoms with van der Waals surface area (Å²) in [5, 5.41) is 1.06. The van der Waals surface area contributed by atoms with Gasteiger partial charge in [0.15, 0.2) is 0 Å². The molecule has 0 spiro atoms. The second kappa shape index (κ2) is 10.1. The van der Waals surface area contributed by atoms with Crippen LogP contribution in [0.1, 0.15) is 15.9 Å². The number of thioether (sulfide) groups is 1. The summed E-state index contributed by atoms with van der Waals surface area (Å²) < 4.78 is 2.68. The van der Waals surface area contributed by atoms with Gasteiger partial charge >= 0.3 is 0 Å². The van der Waals surface area contributed by atoms with Crippen molar-refractivity contribution in [3.63, 3.8) is 0 Å². The Morgan fingerprint density at radius 1 is 0.857 bits per heavy atom. The zero-order valence-corrected chi connectivity index (χ0v) is 21.7. The monoisotopic (exact) mass is 666 g/mol. The van der Waals surface area contributed by atoms with Crippen molar-refractivity contribution in [3.05, 3.63) is 102 Å². The maximum absolute atomic E-state index is 13.3. The van der Waals surface area contributed by atoms with Gasteiger partial charge in [0.05, 0.1) is 9.93 Å². The Bertz CT molecular complexity index is 1050. The zero-order valence-electron chi connectivity index (χ0n) is 14.1. The molecular weight excluding hydrogens is 658 g/mol. The highest BCUT2D eigenvalue weighted by atomic mass is 127. The zero-order chi connectivity index (χ0) is 20.3. The lowest BCUT2D eigenvalue weighted by atomic mass is 10.1. The van der Waals surface area contributed by atoms with E-state index in [-0.39, 0.29) is 5.78 Å². The number of ketones is 1. The minimum absolute atomic E-state index is 0.0594. The van der Waals surface area contributed by atoms with Crippen molar-refractivity contribution in [2.45, 2.75) is 4.90 Å². The highest BCUT2D eigenvalue weighted by Crippen LogP contribution is 2.41. The third kappa shape index (κ3) is 5.64. The molecule has 0 saturated heterocycles. The van der Waals surface area contributed by atoms with Crippen LogP contribution >= 0.6 is 89.4 Å². The summed E-state index contributed by atoms with van der Waals surface area (Å²) in [6, 6.07) is 20.5. The van der Waals surface area contributed by atoms with Gasteiger partial charge < -0.3 is 0 Å². The van der Waals surface area contributed by atoms with Gasteiger partial charge in [0.2, 0.25) is 5.78 Å². The maximum atomic E-state index is 13.3. The fraction of sp³-hybridized carbons (Fsp3) is 0. The minimum atomic E-state index is -0.0594. The third-order valence-electron chi connectivity index (χ3n) is 3.71. The molecule has 28 heavy (non-hydrogen) atoms. The smallest absolute Gasteiger partial charge is 0.200 e. The van der Waals surface area contributed by atoms with E-state index in [4.69, 9.17) is 23.2 Å². The number of halogens is 5. The first-order valence-electron chi connectivity index (χ1n) is 7.94. The molecule has 0 bridgehead atoms. The van der Waals surface area contributed by atoms with Crippen molar-refractivity contribution >= 4 is 98.8 Å². The standard InChI is InChI=1S/C21H11Br2Cl2IOS/c22-13-3-1-12(2-4-13)20(27)21(28-16-8-5-14(23)6-9-16)19(26)17-10-7-15(24)11-18(17)25/h1-11H. The molecule has 0 N–H and O–H groups in total. The Morgan fingerprint density at radius 3 is 2.00 bits per heavy atom. The second-order valence-electron chi connectivity index (χ2n) is 5.66. The lowest BCUT2D eigenvalue weighted by molar-refractivity contribution is 0.104. The summed E-state index contributed by atoms with van der Waals surface area (Å²) in [5.41, 5.74) is 1.39. The summed E-state index contributed by atoms with van der Waals surface area (Å²) in [6.45, 7) is 0. The van der Waals surface area contributed by atoms with Gasteiger partial charge in [-0.25, -0.2) is 0 Å². The number of allylic oxidation sites excluding steroid dienone is 1. The predicted octanol–water partition coefficient (Wildman–Crippen LogP) is 9.30. The van der Waals surface area contributed by atoms with Gasteiger partial charge in [-0.3, -0.25) is 4.79 Å². The van der Waals surface area contributed by atoms with Gasteiger partial charge in [0.1, 0.15) is 0 Å². The van der Waals surface area contributed by atoms with Crippen LogP contribution in [0.3, 0.4) is 0 Å². The predicted molar refractivity (Wildman–Crippen MR) is 136 cm³/mol. The quantitative estimate of drug-likeness (QED) is 0.117. The molecule has 0 saturated carbocycles. The lowest BCUT2D eigenvalue weighted by Gasteiger charge is -2.12.